The maximum absolute atomic E-state index is 13.8. The predicted octanol–water partition coefficient (Wildman–Crippen LogP) is 2.60. The van der Waals surface area contributed by atoms with Crippen molar-refractivity contribution in [3.05, 3.63) is 29.1 Å². The third-order valence-corrected chi connectivity index (χ3v) is 3.81. The van der Waals surface area contributed by atoms with Crippen molar-refractivity contribution >= 4 is 11.6 Å². The smallest absolute Gasteiger partial charge is 0.248 e. The van der Waals surface area contributed by atoms with Gasteiger partial charge in [-0.25, -0.2) is 4.39 Å². The summed E-state index contributed by atoms with van der Waals surface area (Å²) in [6, 6.07) is 3.04. The number of benzene rings is 1. The molecule has 4 nitrogen and oxygen atoms in total. The van der Waals surface area contributed by atoms with Gasteiger partial charge < -0.3 is 15.8 Å². The molecule has 1 aliphatic heterocycles. The summed E-state index contributed by atoms with van der Waals surface area (Å²) in [5.41, 5.74) is 6.56. The maximum atomic E-state index is 13.8. The van der Waals surface area contributed by atoms with Gasteiger partial charge in [-0.05, 0) is 38.3 Å². The number of nitrogens with two attached hydrogens (primary N) is 1. The van der Waals surface area contributed by atoms with E-state index in [4.69, 9.17) is 10.5 Å². The van der Waals surface area contributed by atoms with E-state index in [0.717, 1.165) is 19.3 Å². The molecule has 2 unspecified atom stereocenters. The van der Waals surface area contributed by atoms with Crippen molar-refractivity contribution in [2.75, 3.05) is 11.9 Å². The lowest BCUT2D eigenvalue weighted by Crippen LogP contribution is -2.34. The summed E-state index contributed by atoms with van der Waals surface area (Å²) in [6.07, 6.45) is 2.97. The van der Waals surface area contributed by atoms with E-state index in [-0.39, 0.29) is 17.7 Å². The second kappa shape index (κ2) is 6.22. The van der Waals surface area contributed by atoms with Gasteiger partial charge in [-0.3, -0.25) is 4.79 Å². The Hall–Kier alpha value is -1.62. The first-order valence-corrected chi connectivity index (χ1v) is 6.99. The molecule has 1 aromatic carbocycles. The highest BCUT2D eigenvalue weighted by molar-refractivity contribution is 5.94. The van der Waals surface area contributed by atoms with Crippen molar-refractivity contribution < 1.29 is 13.9 Å². The molecule has 3 N–H and O–H groups in total. The van der Waals surface area contributed by atoms with Gasteiger partial charge in [-0.1, -0.05) is 6.92 Å². The van der Waals surface area contributed by atoms with Gasteiger partial charge in [-0.15, -0.1) is 0 Å². The number of ether oxygens (including phenoxy) is 1. The summed E-state index contributed by atoms with van der Waals surface area (Å²) in [6.45, 7) is 4.48. The van der Waals surface area contributed by atoms with Crippen molar-refractivity contribution in [1.82, 2.24) is 0 Å². The van der Waals surface area contributed by atoms with E-state index in [1.165, 1.54) is 6.07 Å². The average Bonchev–Trinajstić information content (AvgIpc) is 2.43. The SMILES string of the molecule is CCC1CC(Nc2cc(C(N)=O)cc(F)c2C)CCO1. The molecule has 2 atom stereocenters. The van der Waals surface area contributed by atoms with Crippen molar-refractivity contribution in [3.8, 4) is 0 Å². The third-order valence-electron chi connectivity index (χ3n) is 3.81. The van der Waals surface area contributed by atoms with Crippen LogP contribution in [0.15, 0.2) is 12.1 Å². The first-order chi connectivity index (χ1) is 9.51. The summed E-state index contributed by atoms with van der Waals surface area (Å²) in [5, 5.41) is 3.32. The predicted molar refractivity (Wildman–Crippen MR) is 76.3 cm³/mol. The van der Waals surface area contributed by atoms with Crippen molar-refractivity contribution in [1.29, 1.82) is 0 Å². The molecular formula is C15H21FN2O2. The zero-order valence-electron chi connectivity index (χ0n) is 11.9. The van der Waals surface area contributed by atoms with E-state index in [2.05, 4.69) is 12.2 Å². The average molecular weight is 280 g/mol. The zero-order valence-corrected chi connectivity index (χ0v) is 11.9. The fraction of sp³-hybridized carbons (Fsp3) is 0.533. The minimum atomic E-state index is -0.620. The highest BCUT2D eigenvalue weighted by Gasteiger charge is 2.22. The second-order valence-electron chi connectivity index (χ2n) is 5.26. The third kappa shape index (κ3) is 3.28. The molecule has 20 heavy (non-hydrogen) atoms. The lowest BCUT2D eigenvalue weighted by molar-refractivity contribution is 0.00924. The van der Waals surface area contributed by atoms with Crippen LogP contribution in [0.25, 0.3) is 0 Å². The van der Waals surface area contributed by atoms with Gasteiger partial charge in [0.25, 0.3) is 0 Å². The van der Waals surface area contributed by atoms with Crippen molar-refractivity contribution in [2.24, 2.45) is 5.73 Å². The number of halogens is 1. The lowest BCUT2D eigenvalue weighted by Gasteiger charge is -2.30. The molecule has 1 amide bonds. The number of hydrogen-bond donors (Lipinski definition) is 2. The summed E-state index contributed by atoms with van der Waals surface area (Å²) in [4.78, 5) is 11.2. The first-order valence-electron chi connectivity index (χ1n) is 6.99. The standard InChI is InChI=1S/C15H21FN2O2/c1-3-12-8-11(4-5-20-12)18-14-7-10(15(17)19)6-13(16)9(14)2/h6-7,11-12,18H,3-5,8H2,1-2H3,(H2,17,19). The monoisotopic (exact) mass is 280 g/mol. The summed E-state index contributed by atoms with van der Waals surface area (Å²) < 4.78 is 19.4. The number of carbonyl (C=O) groups is 1. The quantitative estimate of drug-likeness (QED) is 0.891. The maximum Gasteiger partial charge on any atom is 0.248 e. The molecule has 2 rings (SSSR count). The molecule has 0 bridgehead atoms. The Balaban J connectivity index is 2.18. The lowest BCUT2D eigenvalue weighted by atomic mass is 10.00. The molecule has 0 aromatic heterocycles. The summed E-state index contributed by atoms with van der Waals surface area (Å²) in [5.74, 6) is -1.03. The first kappa shape index (κ1) is 14.8. The van der Waals surface area contributed by atoms with Crippen molar-refractivity contribution in [3.63, 3.8) is 0 Å². The van der Waals surface area contributed by atoms with E-state index in [0.29, 0.717) is 17.9 Å². The number of primary amides is 1. The second-order valence-corrected chi connectivity index (χ2v) is 5.26. The largest absolute Gasteiger partial charge is 0.382 e. The van der Waals surface area contributed by atoms with E-state index in [1.54, 1.807) is 13.0 Å². The molecule has 0 saturated carbocycles. The van der Waals surface area contributed by atoms with E-state index < -0.39 is 11.7 Å². The van der Waals surface area contributed by atoms with Crippen molar-refractivity contribution in [2.45, 2.75) is 45.3 Å². The summed E-state index contributed by atoms with van der Waals surface area (Å²) in [7, 11) is 0. The number of carbonyl (C=O) groups excluding carboxylic acids is 1. The molecule has 1 fully saturated rings. The molecule has 1 heterocycles. The van der Waals surface area contributed by atoms with Gasteiger partial charge in [0.1, 0.15) is 5.82 Å². The Labute approximate surface area is 118 Å². The van der Waals surface area contributed by atoms with Gasteiger partial charge in [0.2, 0.25) is 5.91 Å². The number of nitrogens with one attached hydrogen (secondary N) is 1. The highest BCUT2D eigenvalue weighted by atomic mass is 19.1. The van der Waals surface area contributed by atoms with E-state index >= 15 is 0 Å². The van der Waals surface area contributed by atoms with Crippen LogP contribution in [0.4, 0.5) is 10.1 Å². The fourth-order valence-corrected chi connectivity index (χ4v) is 2.49. The number of rotatable bonds is 4. The van der Waals surface area contributed by atoms with Gasteiger partial charge in [0, 0.05) is 29.5 Å². The summed E-state index contributed by atoms with van der Waals surface area (Å²) >= 11 is 0. The Bertz CT molecular complexity index is 505. The van der Waals surface area contributed by atoms with Crippen LogP contribution in [0.1, 0.15) is 42.1 Å². The molecule has 1 aromatic rings. The van der Waals surface area contributed by atoms with Crippen LogP contribution < -0.4 is 11.1 Å². The molecular weight excluding hydrogens is 259 g/mol. The normalized spacial score (nSPS) is 22.6. The minimum absolute atomic E-state index is 0.190. The molecule has 1 aliphatic rings. The van der Waals surface area contributed by atoms with Crippen LogP contribution in [0, 0.1) is 12.7 Å². The topological polar surface area (TPSA) is 64.3 Å². The highest BCUT2D eigenvalue weighted by Crippen LogP contribution is 2.25. The molecule has 110 valence electrons. The van der Waals surface area contributed by atoms with E-state index in [1.807, 2.05) is 0 Å². The Kier molecular flexibility index (Phi) is 4.60. The van der Waals surface area contributed by atoms with Crippen LogP contribution in [0.2, 0.25) is 0 Å². The zero-order chi connectivity index (χ0) is 14.7. The Morgan fingerprint density at radius 3 is 2.95 bits per heavy atom. The van der Waals surface area contributed by atoms with Crippen LogP contribution in [0.5, 0.6) is 0 Å². The van der Waals surface area contributed by atoms with Crippen LogP contribution in [-0.4, -0.2) is 24.7 Å². The Morgan fingerprint density at radius 2 is 2.30 bits per heavy atom. The molecule has 1 saturated heterocycles. The molecule has 5 heteroatoms. The van der Waals surface area contributed by atoms with Crippen LogP contribution in [-0.2, 0) is 4.74 Å². The van der Waals surface area contributed by atoms with Crippen LogP contribution >= 0.6 is 0 Å². The molecule has 0 spiro atoms. The molecule has 0 aliphatic carbocycles. The minimum Gasteiger partial charge on any atom is -0.382 e. The van der Waals surface area contributed by atoms with Crippen LogP contribution in [0.3, 0.4) is 0 Å². The Morgan fingerprint density at radius 1 is 1.55 bits per heavy atom. The van der Waals surface area contributed by atoms with Gasteiger partial charge in [-0.2, -0.15) is 0 Å². The molecule has 0 radical (unpaired) electrons. The number of anilines is 1. The van der Waals surface area contributed by atoms with Gasteiger partial charge >= 0.3 is 0 Å². The number of amides is 1. The van der Waals surface area contributed by atoms with E-state index in [9.17, 15) is 9.18 Å². The fourth-order valence-electron chi connectivity index (χ4n) is 2.49. The van der Waals surface area contributed by atoms with Gasteiger partial charge in [0.05, 0.1) is 6.10 Å². The van der Waals surface area contributed by atoms with Gasteiger partial charge in [0.15, 0.2) is 0 Å². The number of hydrogen-bond acceptors (Lipinski definition) is 3.